The summed E-state index contributed by atoms with van der Waals surface area (Å²) in [6, 6.07) is 0. The van der Waals surface area contributed by atoms with Gasteiger partial charge in [0.2, 0.25) is 0 Å². The van der Waals surface area contributed by atoms with E-state index < -0.39 is 0 Å². The van der Waals surface area contributed by atoms with Crippen molar-refractivity contribution in [2.45, 2.75) is 13.8 Å². The van der Waals surface area contributed by atoms with E-state index in [2.05, 4.69) is 20.2 Å². The van der Waals surface area contributed by atoms with Crippen LogP contribution in [0.3, 0.4) is 0 Å². The molecule has 0 aliphatic heterocycles. The molecule has 0 bridgehead atoms. The molecular formula is C8H8N4S2. The van der Waals surface area contributed by atoms with Gasteiger partial charge in [-0.1, -0.05) is 11.3 Å². The standard InChI is InChI=1S/C8H8N4S2/c1-4-6(3-9-5(2)10-4)7-11-12-8(13)14-7/h3H,1-2H3,(H,12,13). The van der Waals surface area contributed by atoms with Crippen LogP contribution < -0.4 is 0 Å². The van der Waals surface area contributed by atoms with E-state index in [0.717, 1.165) is 22.1 Å². The molecule has 0 amide bonds. The van der Waals surface area contributed by atoms with Gasteiger partial charge in [-0.25, -0.2) is 9.97 Å². The fraction of sp³-hybridized carbons (Fsp3) is 0.250. The summed E-state index contributed by atoms with van der Waals surface area (Å²) in [5.41, 5.74) is 1.86. The van der Waals surface area contributed by atoms with E-state index in [1.165, 1.54) is 11.3 Å². The van der Waals surface area contributed by atoms with Crippen molar-refractivity contribution in [3.63, 3.8) is 0 Å². The first-order valence-electron chi connectivity index (χ1n) is 4.03. The Balaban J connectivity index is 2.57. The Morgan fingerprint density at radius 3 is 2.79 bits per heavy atom. The van der Waals surface area contributed by atoms with Crippen LogP contribution in [0.2, 0.25) is 0 Å². The normalized spacial score (nSPS) is 10.4. The highest BCUT2D eigenvalue weighted by Crippen LogP contribution is 2.22. The van der Waals surface area contributed by atoms with Gasteiger partial charge in [0.1, 0.15) is 10.8 Å². The van der Waals surface area contributed by atoms with Crippen molar-refractivity contribution in [1.82, 2.24) is 20.2 Å². The van der Waals surface area contributed by atoms with Gasteiger partial charge in [0.15, 0.2) is 3.95 Å². The van der Waals surface area contributed by atoms with E-state index in [-0.39, 0.29) is 0 Å². The number of hydrogen-bond acceptors (Lipinski definition) is 5. The van der Waals surface area contributed by atoms with Gasteiger partial charge in [0, 0.05) is 6.20 Å². The van der Waals surface area contributed by atoms with Crippen LogP contribution in [-0.2, 0) is 0 Å². The fourth-order valence-corrected chi connectivity index (χ4v) is 2.09. The van der Waals surface area contributed by atoms with Crippen molar-refractivity contribution in [2.75, 3.05) is 0 Å². The summed E-state index contributed by atoms with van der Waals surface area (Å²) in [4.78, 5) is 8.40. The lowest BCUT2D eigenvalue weighted by Crippen LogP contribution is -1.93. The van der Waals surface area contributed by atoms with Crippen LogP contribution in [0.25, 0.3) is 10.6 Å². The lowest BCUT2D eigenvalue weighted by atomic mass is 10.2. The monoisotopic (exact) mass is 224 g/mol. The average molecular weight is 224 g/mol. The third-order valence-corrected chi connectivity index (χ3v) is 2.89. The zero-order chi connectivity index (χ0) is 10.1. The van der Waals surface area contributed by atoms with Gasteiger partial charge in [-0.3, -0.25) is 5.10 Å². The van der Waals surface area contributed by atoms with Gasteiger partial charge < -0.3 is 0 Å². The molecule has 14 heavy (non-hydrogen) atoms. The third-order valence-electron chi connectivity index (χ3n) is 1.77. The predicted octanol–water partition coefficient (Wildman–Crippen LogP) is 2.27. The van der Waals surface area contributed by atoms with Gasteiger partial charge in [0.05, 0.1) is 11.3 Å². The first-order chi connectivity index (χ1) is 6.66. The Bertz CT molecular complexity index is 514. The number of rotatable bonds is 1. The molecule has 72 valence electrons. The quantitative estimate of drug-likeness (QED) is 0.755. The number of nitrogens with one attached hydrogen (secondary N) is 1. The van der Waals surface area contributed by atoms with Gasteiger partial charge in [-0.05, 0) is 26.1 Å². The smallest absolute Gasteiger partial charge is 0.176 e. The Morgan fingerprint density at radius 1 is 1.43 bits per heavy atom. The van der Waals surface area contributed by atoms with Crippen molar-refractivity contribution in [3.8, 4) is 10.6 Å². The van der Waals surface area contributed by atoms with Crippen LogP contribution in [0.1, 0.15) is 11.5 Å². The Morgan fingerprint density at radius 2 is 2.21 bits per heavy atom. The van der Waals surface area contributed by atoms with Crippen molar-refractivity contribution >= 4 is 23.6 Å². The highest BCUT2D eigenvalue weighted by molar-refractivity contribution is 7.73. The van der Waals surface area contributed by atoms with Crippen molar-refractivity contribution in [2.24, 2.45) is 0 Å². The molecule has 0 saturated heterocycles. The molecule has 0 unspecified atom stereocenters. The number of H-pyrrole nitrogens is 1. The molecule has 0 aliphatic rings. The van der Waals surface area contributed by atoms with Crippen molar-refractivity contribution in [1.29, 1.82) is 0 Å². The third kappa shape index (κ3) is 1.71. The zero-order valence-electron chi connectivity index (χ0n) is 7.74. The molecule has 0 aliphatic carbocycles. The maximum absolute atomic E-state index is 4.96. The molecule has 2 rings (SSSR count). The van der Waals surface area contributed by atoms with Crippen LogP contribution in [0.15, 0.2) is 6.20 Å². The number of aromatic nitrogens is 4. The summed E-state index contributed by atoms with van der Waals surface area (Å²) in [6.07, 6.45) is 1.78. The molecule has 2 aromatic rings. The Kier molecular flexibility index (Phi) is 2.39. The van der Waals surface area contributed by atoms with Gasteiger partial charge in [-0.15, -0.1) is 0 Å². The van der Waals surface area contributed by atoms with Crippen molar-refractivity contribution in [3.05, 3.63) is 21.7 Å². The molecule has 0 aromatic carbocycles. The summed E-state index contributed by atoms with van der Waals surface area (Å²) in [6.45, 7) is 3.80. The minimum absolute atomic E-state index is 0.667. The molecule has 0 saturated carbocycles. The van der Waals surface area contributed by atoms with Crippen LogP contribution in [0.5, 0.6) is 0 Å². The lowest BCUT2D eigenvalue weighted by Gasteiger charge is -2.00. The van der Waals surface area contributed by atoms with Crippen LogP contribution in [0, 0.1) is 17.8 Å². The predicted molar refractivity (Wildman–Crippen MR) is 57.8 cm³/mol. The SMILES string of the molecule is Cc1ncc(-c2n[nH]c(=S)s2)c(C)n1. The van der Waals surface area contributed by atoms with Gasteiger partial charge in [0.25, 0.3) is 0 Å². The number of aryl methyl sites for hydroxylation is 2. The van der Waals surface area contributed by atoms with Gasteiger partial charge in [-0.2, -0.15) is 5.10 Å². The van der Waals surface area contributed by atoms with E-state index in [1.807, 2.05) is 13.8 Å². The van der Waals surface area contributed by atoms with Crippen LogP contribution >= 0.6 is 23.6 Å². The first kappa shape index (κ1) is 9.42. The van der Waals surface area contributed by atoms with E-state index >= 15 is 0 Å². The lowest BCUT2D eigenvalue weighted by molar-refractivity contribution is 1.00. The van der Waals surface area contributed by atoms with E-state index in [1.54, 1.807) is 6.20 Å². The average Bonchev–Trinajstić information content (AvgIpc) is 2.51. The topological polar surface area (TPSA) is 54.5 Å². The molecule has 0 atom stereocenters. The molecule has 6 heteroatoms. The second kappa shape index (κ2) is 3.55. The summed E-state index contributed by atoms with van der Waals surface area (Å²) in [5, 5.41) is 7.66. The highest BCUT2D eigenvalue weighted by Gasteiger charge is 2.07. The molecule has 1 N–H and O–H groups in total. The maximum atomic E-state index is 4.96. The molecule has 2 heterocycles. The molecule has 4 nitrogen and oxygen atoms in total. The summed E-state index contributed by atoms with van der Waals surface area (Å²) < 4.78 is 0.667. The first-order valence-corrected chi connectivity index (χ1v) is 5.25. The summed E-state index contributed by atoms with van der Waals surface area (Å²) >= 11 is 6.39. The van der Waals surface area contributed by atoms with E-state index in [0.29, 0.717) is 3.95 Å². The Labute approximate surface area is 90.1 Å². The minimum atomic E-state index is 0.667. The molecule has 2 aromatic heterocycles. The maximum Gasteiger partial charge on any atom is 0.176 e. The summed E-state index contributed by atoms with van der Waals surface area (Å²) in [5.74, 6) is 0.769. The Hall–Kier alpha value is -1.14. The molecule has 0 spiro atoms. The number of hydrogen-bond donors (Lipinski definition) is 1. The minimum Gasteiger partial charge on any atom is -0.258 e. The van der Waals surface area contributed by atoms with Gasteiger partial charge >= 0.3 is 0 Å². The molecule has 0 fully saturated rings. The second-order valence-electron chi connectivity index (χ2n) is 2.83. The van der Waals surface area contributed by atoms with E-state index in [9.17, 15) is 0 Å². The number of aromatic amines is 1. The largest absolute Gasteiger partial charge is 0.258 e. The highest BCUT2D eigenvalue weighted by atomic mass is 32.1. The summed E-state index contributed by atoms with van der Waals surface area (Å²) in [7, 11) is 0. The van der Waals surface area contributed by atoms with Crippen LogP contribution in [-0.4, -0.2) is 20.2 Å². The van der Waals surface area contributed by atoms with E-state index in [4.69, 9.17) is 12.2 Å². The second-order valence-corrected chi connectivity index (χ2v) is 4.50. The van der Waals surface area contributed by atoms with Crippen LogP contribution in [0.4, 0.5) is 0 Å². The molecular weight excluding hydrogens is 216 g/mol. The molecule has 0 radical (unpaired) electrons. The number of nitrogens with zero attached hydrogens (tertiary/aromatic N) is 3. The zero-order valence-corrected chi connectivity index (χ0v) is 9.37. The fourth-order valence-electron chi connectivity index (χ4n) is 1.14. The van der Waals surface area contributed by atoms with Crippen molar-refractivity contribution < 1.29 is 0 Å².